The van der Waals surface area contributed by atoms with Crippen molar-refractivity contribution in [1.82, 2.24) is 10.2 Å². The highest BCUT2D eigenvalue weighted by Crippen LogP contribution is 2.26. The summed E-state index contributed by atoms with van der Waals surface area (Å²) < 4.78 is 36.0. The van der Waals surface area contributed by atoms with Gasteiger partial charge in [0, 0.05) is 12.5 Å². The summed E-state index contributed by atoms with van der Waals surface area (Å²) in [6, 6.07) is 0. The Bertz CT molecular complexity index is 252. The van der Waals surface area contributed by atoms with Gasteiger partial charge in [-0.2, -0.15) is 13.2 Å². The van der Waals surface area contributed by atoms with E-state index in [2.05, 4.69) is 5.32 Å². The Kier molecular flexibility index (Phi) is 5.24. The number of alkyl halides is 3. The molecule has 1 aliphatic carbocycles. The first kappa shape index (κ1) is 14.3. The van der Waals surface area contributed by atoms with Crippen LogP contribution in [0.25, 0.3) is 0 Å². The van der Waals surface area contributed by atoms with Crippen molar-refractivity contribution in [3.8, 4) is 0 Å². The molecular formula is C11H19F3N2O. The third-order valence-electron chi connectivity index (χ3n) is 2.94. The molecule has 1 aliphatic rings. The quantitative estimate of drug-likeness (QED) is 0.731. The third-order valence-corrected chi connectivity index (χ3v) is 2.94. The van der Waals surface area contributed by atoms with E-state index in [0.29, 0.717) is 19.5 Å². The van der Waals surface area contributed by atoms with E-state index in [9.17, 15) is 18.0 Å². The molecule has 0 aliphatic heterocycles. The number of amides is 1. The Morgan fingerprint density at radius 2 is 2.06 bits per heavy atom. The van der Waals surface area contributed by atoms with Crippen LogP contribution >= 0.6 is 0 Å². The fraction of sp³-hybridized carbons (Fsp3) is 0.909. The summed E-state index contributed by atoms with van der Waals surface area (Å²) in [5.41, 5.74) is 0. The van der Waals surface area contributed by atoms with Crippen molar-refractivity contribution in [2.75, 3.05) is 26.7 Å². The molecule has 0 spiro atoms. The van der Waals surface area contributed by atoms with Crippen molar-refractivity contribution < 1.29 is 18.0 Å². The van der Waals surface area contributed by atoms with Gasteiger partial charge >= 0.3 is 6.18 Å². The van der Waals surface area contributed by atoms with Crippen molar-refractivity contribution >= 4 is 5.91 Å². The maximum Gasteiger partial charge on any atom is 0.401 e. The van der Waals surface area contributed by atoms with Gasteiger partial charge in [0.1, 0.15) is 0 Å². The normalized spacial score (nSPS) is 17.0. The molecule has 17 heavy (non-hydrogen) atoms. The molecule has 0 bridgehead atoms. The molecule has 0 atom stereocenters. The van der Waals surface area contributed by atoms with E-state index in [0.717, 1.165) is 19.3 Å². The predicted octanol–water partition coefficient (Wildman–Crippen LogP) is 1.79. The number of nitrogens with zero attached hydrogens (tertiary/aromatic N) is 1. The summed E-state index contributed by atoms with van der Waals surface area (Å²) in [6.45, 7) is -0.106. The lowest BCUT2D eigenvalue weighted by Gasteiger charge is -2.24. The van der Waals surface area contributed by atoms with E-state index in [4.69, 9.17) is 0 Å². The maximum atomic E-state index is 12.0. The number of carbonyl (C=O) groups excluding carboxylic acids is 1. The third kappa shape index (κ3) is 5.91. The lowest BCUT2D eigenvalue weighted by molar-refractivity contribution is -0.143. The molecule has 3 nitrogen and oxygen atoms in total. The van der Waals surface area contributed by atoms with Crippen LogP contribution in [0.4, 0.5) is 13.2 Å². The highest BCUT2D eigenvalue weighted by atomic mass is 19.4. The number of carbonyl (C=O) groups is 1. The Morgan fingerprint density at radius 3 is 2.53 bits per heavy atom. The van der Waals surface area contributed by atoms with Crippen LogP contribution in [0.5, 0.6) is 0 Å². The highest BCUT2D eigenvalue weighted by Gasteiger charge is 2.29. The van der Waals surface area contributed by atoms with Crippen LogP contribution in [0, 0.1) is 5.92 Å². The van der Waals surface area contributed by atoms with E-state index < -0.39 is 12.7 Å². The van der Waals surface area contributed by atoms with Crippen LogP contribution in [-0.2, 0) is 4.79 Å². The van der Waals surface area contributed by atoms with E-state index in [1.54, 1.807) is 0 Å². The zero-order valence-corrected chi connectivity index (χ0v) is 10.0. The van der Waals surface area contributed by atoms with Crippen molar-refractivity contribution in [2.24, 2.45) is 5.92 Å². The lowest BCUT2D eigenvalue weighted by Crippen LogP contribution is -2.37. The summed E-state index contributed by atoms with van der Waals surface area (Å²) in [5.74, 6) is 0.192. The fourth-order valence-corrected chi connectivity index (χ4v) is 1.76. The number of hydrogen-bond donors (Lipinski definition) is 1. The number of hydrogen-bond acceptors (Lipinski definition) is 2. The van der Waals surface area contributed by atoms with E-state index in [-0.39, 0.29) is 11.8 Å². The molecule has 0 aromatic heterocycles. The second-order valence-corrected chi connectivity index (χ2v) is 4.63. The average Bonchev–Trinajstić information content (AvgIpc) is 2.06. The first-order valence-electron chi connectivity index (χ1n) is 5.91. The first-order chi connectivity index (χ1) is 7.88. The second-order valence-electron chi connectivity index (χ2n) is 4.63. The maximum absolute atomic E-state index is 12.0. The topological polar surface area (TPSA) is 32.3 Å². The highest BCUT2D eigenvalue weighted by molar-refractivity contribution is 5.79. The molecule has 1 fully saturated rings. The predicted molar refractivity (Wildman–Crippen MR) is 58.5 cm³/mol. The first-order valence-corrected chi connectivity index (χ1v) is 5.91. The van der Waals surface area contributed by atoms with Crippen LogP contribution in [0.15, 0.2) is 0 Å². The lowest BCUT2D eigenvalue weighted by atomic mass is 9.85. The minimum absolute atomic E-state index is 0.0507. The van der Waals surface area contributed by atoms with Gasteiger partial charge in [0.25, 0.3) is 0 Å². The van der Waals surface area contributed by atoms with Crippen LogP contribution in [0.3, 0.4) is 0 Å². The molecule has 0 unspecified atom stereocenters. The number of halogens is 3. The number of nitrogens with one attached hydrogen (secondary N) is 1. The van der Waals surface area contributed by atoms with E-state index >= 15 is 0 Å². The molecular weight excluding hydrogens is 233 g/mol. The molecule has 0 aromatic carbocycles. The van der Waals surface area contributed by atoms with Gasteiger partial charge in [0.15, 0.2) is 0 Å². The van der Waals surface area contributed by atoms with E-state index in [1.165, 1.54) is 11.9 Å². The summed E-state index contributed by atoms with van der Waals surface area (Å²) in [7, 11) is 1.43. The molecule has 6 heteroatoms. The molecule has 0 radical (unpaired) electrons. The molecule has 1 amide bonds. The molecule has 100 valence electrons. The molecule has 0 heterocycles. The Hall–Kier alpha value is -0.780. The van der Waals surface area contributed by atoms with Gasteiger partial charge in [-0.25, -0.2) is 0 Å². The van der Waals surface area contributed by atoms with Gasteiger partial charge in [0.2, 0.25) is 5.91 Å². The van der Waals surface area contributed by atoms with Crippen molar-refractivity contribution in [3.63, 3.8) is 0 Å². The summed E-state index contributed by atoms with van der Waals surface area (Å²) in [6.07, 6.45) is -0.610. The van der Waals surface area contributed by atoms with E-state index in [1.807, 2.05) is 0 Å². The Labute approximate surface area is 99.4 Å². The largest absolute Gasteiger partial charge is 0.401 e. The van der Waals surface area contributed by atoms with Crippen LogP contribution in [-0.4, -0.2) is 43.7 Å². The Morgan fingerprint density at radius 1 is 1.41 bits per heavy atom. The smallest absolute Gasteiger partial charge is 0.356 e. The molecule has 0 saturated heterocycles. The van der Waals surface area contributed by atoms with Crippen molar-refractivity contribution in [1.29, 1.82) is 0 Å². The van der Waals surface area contributed by atoms with Gasteiger partial charge < -0.3 is 5.32 Å². The van der Waals surface area contributed by atoms with Gasteiger partial charge in [-0.05, 0) is 32.9 Å². The minimum Gasteiger partial charge on any atom is -0.356 e. The van der Waals surface area contributed by atoms with Crippen molar-refractivity contribution in [3.05, 3.63) is 0 Å². The summed E-state index contributed by atoms with van der Waals surface area (Å²) in [4.78, 5) is 12.6. The molecule has 1 rings (SSSR count). The van der Waals surface area contributed by atoms with Crippen LogP contribution < -0.4 is 5.32 Å². The second kappa shape index (κ2) is 6.23. The average molecular weight is 252 g/mol. The van der Waals surface area contributed by atoms with Crippen molar-refractivity contribution in [2.45, 2.75) is 31.9 Å². The zero-order chi connectivity index (χ0) is 12.9. The van der Waals surface area contributed by atoms with Gasteiger partial charge in [-0.15, -0.1) is 0 Å². The van der Waals surface area contributed by atoms with Gasteiger partial charge in [-0.1, -0.05) is 6.42 Å². The van der Waals surface area contributed by atoms with Gasteiger partial charge in [0.05, 0.1) is 6.54 Å². The minimum atomic E-state index is -4.15. The Balaban J connectivity index is 2.01. The standard InChI is InChI=1S/C11H19F3N2O/c1-16(8-11(12,13)14)7-3-6-15-10(17)9-4-2-5-9/h9H,2-8H2,1H3,(H,15,17). The fourth-order valence-electron chi connectivity index (χ4n) is 1.76. The monoisotopic (exact) mass is 252 g/mol. The van der Waals surface area contributed by atoms with Gasteiger partial charge in [-0.3, -0.25) is 9.69 Å². The molecule has 1 N–H and O–H groups in total. The van der Waals surface area contributed by atoms with Crippen LogP contribution in [0.2, 0.25) is 0 Å². The summed E-state index contributed by atoms with van der Waals surface area (Å²) in [5, 5.41) is 2.76. The molecule has 1 saturated carbocycles. The molecule has 0 aromatic rings. The summed E-state index contributed by atoms with van der Waals surface area (Å²) >= 11 is 0. The zero-order valence-electron chi connectivity index (χ0n) is 10.0. The van der Waals surface area contributed by atoms with Crippen LogP contribution in [0.1, 0.15) is 25.7 Å². The SMILES string of the molecule is CN(CCCNC(=O)C1CCC1)CC(F)(F)F. The number of rotatable bonds is 6.